The predicted molar refractivity (Wildman–Crippen MR) is 100 cm³/mol. The second-order valence-electron chi connectivity index (χ2n) is 5.98. The van der Waals surface area contributed by atoms with Gasteiger partial charge in [-0.05, 0) is 29.5 Å². The minimum atomic E-state index is 0.309. The Morgan fingerprint density at radius 2 is 0.833 bits per heavy atom. The van der Waals surface area contributed by atoms with E-state index in [1.165, 1.54) is 29.5 Å². The molecule has 0 radical (unpaired) electrons. The first-order valence-electron chi connectivity index (χ1n) is 8.68. The summed E-state index contributed by atoms with van der Waals surface area (Å²) < 4.78 is 4.94. The number of ether oxygens (including phenoxy) is 1. The number of benzene rings is 3. The fourth-order valence-electron chi connectivity index (χ4n) is 3.02. The molecule has 0 spiro atoms. The van der Waals surface area contributed by atoms with E-state index in [9.17, 15) is 0 Å². The van der Waals surface area contributed by atoms with Gasteiger partial charge < -0.3 is 4.74 Å². The quantitative estimate of drug-likeness (QED) is 0.566. The lowest BCUT2D eigenvalue weighted by atomic mass is 9.85. The van der Waals surface area contributed by atoms with Crippen molar-refractivity contribution in [2.75, 3.05) is 13.2 Å². The Hall–Kier alpha value is -2.38. The van der Waals surface area contributed by atoms with E-state index in [1.807, 2.05) is 0 Å². The number of hydrogen-bond acceptors (Lipinski definition) is 1. The van der Waals surface area contributed by atoms with Gasteiger partial charge in [-0.2, -0.15) is 0 Å². The highest BCUT2D eigenvalue weighted by Crippen LogP contribution is 2.31. The molecule has 3 aromatic rings. The van der Waals surface area contributed by atoms with Crippen LogP contribution in [0.5, 0.6) is 0 Å². The van der Waals surface area contributed by atoms with E-state index in [-0.39, 0.29) is 0 Å². The van der Waals surface area contributed by atoms with E-state index in [0.29, 0.717) is 5.92 Å². The standard InChI is InChI=1S/C19H16.C4H8O/c1-4-10-16(11-5-1)19(17-12-6-2-7-13-17)18-14-8-3-9-15-18;1-2-4-5-3-1/h1-15,19H;1-4H2. The topological polar surface area (TPSA) is 9.23 Å². The van der Waals surface area contributed by atoms with Crippen LogP contribution in [0.2, 0.25) is 0 Å². The fraction of sp³-hybridized carbons (Fsp3) is 0.217. The third kappa shape index (κ3) is 4.56. The van der Waals surface area contributed by atoms with Gasteiger partial charge in [0.05, 0.1) is 0 Å². The molecule has 1 heteroatoms. The maximum atomic E-state index is 4.94. The lowest BCUT2D eigenvalue weighted by molar-refractivity contribution is 0.198. The molecule has 1 heterocycles. The van der Waals surface area contributed by atoms with Gasteiger partial charge in [0, 0.05) is 19.1 Å². The van der Waals surface area contributed by atoms with Gasteiger partial charge in [-0.25, -0.2) is 0 Å². The van der Waals surface area contributed by atoms with E-state index in [1.54, 1.807) is 0 Å². The van der Waals surface area contributed by atoms with Crippen molar-refractivity contribution in [3.05, 3.63) is 108 Å². The first-order chi connectivity index (χ1) is 11.9. The minimum absolute atomic E-state index is 0.309. The van der Waals surface area contributed by atoms with E-state index >= 15 is 0 Å². The summed E-state index contributed by atoms with van der Waals surface area (Å²) in [4.78, 5) is 0. The SMILES string of the molecule is C1CCOC1.c1ccc(C(c2ccccc2)c2ccccc2)cc1. The molecule has 1 saturated heterocycles. The van der Waals surface area contributed by atoms with Crippen molar-refractivity contribution in [2.45, 2.75) is 18.8 Å². The van der Waals surface area contributed by atoms with Crippen LogP contribution in [0.4, 0.5) is 0 Å². The largest absolute Gasteiger partial charge is 0.381 e. The van der Waals surface area contributed by atoms with E-state index < -0.39 is 0 Å². The van der Waals surface area contributed by atoms with Gasteiger partial charge in [0.2, 0.25) is 0 Å². The molecule has 4 rings (SSSR count). The Labute approximate surface area is 144 Å². The van der Waals surface area contributed by atoms with Crippen molar-refractivity contribution in [1.82, 2.24) is 0 Å². The Kier molecular flexibility index (Phi) is 6.21. The Morgan fingerprint density at radius 3 is 1.08 bits per heavy atom. The van der Waals surface area contributed by atoms with Gasteiger partial charge in [-0.3, -0.25) is 0 Å². The molecule has 0 aromatic heterocycles. The molecule has 122 valence electrons. The van der Waals surface area contributed by atoms with Gasteiger partial charge in [0.25, 0.3) is 0 Å². The van der Waals surface area contributed by atoms with Crippen LogP contribution >= 0.6 is 0 Å². The smallest absolute Gasteiger partial charge is 0.0466 e. The second-order valence-corrected chi connectivity index (χ2v) is 5.98. The zero-order valence-corrected chi connectivity index (χ0v) is 14.0. The van der Waals surface area contributed by atoms with Crippen molar-refractivity contribution in [3.8, 4) is 0 Å². The normalized spacial score (nSPS) is 13.4. The highest BCUT2D eigenvalue weighted by molar-refractivity contribution is 5.42. The molecule has 0 atom stereocenters. The summed E-state index contributed by atoms with van der Waals surface area (Å²) in [7, 11) is 0. The summed E-state index contributed by atoms with van der Waals surface area (Å²) in [5, 5.41) is 0. The molecule has 1 aliphatic rings. The van der Waals surface area contributed by atoms with E-state index in [2.05, 4.69) is 91.0 Å². The fourth-order valence-corrected chi connectivity index (χ4v) is 3.02. The highest BCUT2D eigenvalue weighted by atomic mass is 16.5. The van der Waals surface area contributed by atoms with E-state index in [0.717, 1.165) is 13.2 Å². The van der Waals surface area contributed by atoms with Crippen LogP contribution in [-0.4, -0.2) is 13.2 Å². The Morgan fingerprint density at radius 1 is 0.500 bits per heavy atom. The molecule has 1 aliphatic heterocycles. The molecule has 24 heavy (non-hydrogen) atoms. The first-order valence-corrected chi connectivity index (χ1v) is 8.68. The van der Waals surface area contributed by atoms with Gasteiger partial charge in [0.15, 0.2) is 0 Å². The molecule has 3 aromatic carbocycles. The molecule has 0 aliphatic carbocycles. The maximum absolute atomic E-state index is 4.94. The van der Waals surface area contributed by atoms with Crippen molar-refractivity contribution in [3.63, 3.8) is 0 Å². The highest BCUT2D eigenvalue weighted by Gasteiger charge is 2.15. The molecule has 0 saturated carbocycles. The zero-order chi connectivity index (χ0) is 16.5. The first kappa shape index (κ1) is 16.5. The van der Waals surface area contributed by atoms with Crippen molar-refractivity contribution in [2.24, 2.45) is 0 Å². The number of hydrogen-bond donors (Lipinski definition) is 0. The van der Waals surface area contributed by atoms with Gasteiger partial charge >= 0.3 is 0 Å². The second kappa shape index (κ2) is 9.05. The predicted octanol–water partition coefficient (Wildman–Crippen LogP) is 5.66. The van der Waals surface area contributed by atoms with Crippen LogP contribution in [0.25, 0.3) is 0 Å². The van der Waals surface area contributed by atoms with Crippen LogP contribution in [0.3, 0.4) is 0 Å². The average Bonchev–Trinajstić information content (AvgIpc) is 3.25. The average molecular weight is 316 g/mol. The molecule has 0 unspecified atom stereocenters. The Balaban J connectivity index is 0.000000290. The summed E-state index contributed by atoms with van der Waals surface area (Å²) in [6.07, 6.45) is 2.56. The lowest BCUT2D eigenvalue weighted by Crippen LogP contribution is -2.02. The third-order valence-corrected chi connectivity index (χ3v) is 4.23. The van der Waals surface area contributed by atoms with Crippen molar-refractivity contribution >= 4 is 0 Å². The van der Waals surface area contributed by atoms with Gasteiger partial charge in [-0.15, -0.1) is 0 Å². The van der Waals surface area contributed by atoms with Crippen LogP contribution in [0, 0.1) is 0 Å². The zero-order valence-electron chi connectivity index (χ0n) is 14.0. The maximum Gasteiger partial charge on any atom is 0.0466 e. The summed E-state index contributed by atoms with van der Waals surface area (Å²) in [5.41, 5.74) is 4.00. The lowest BCUT2D eigenvalue weighted by Gasteiger charge is -2.18. The van der Waals surface area contributed by atoms with Gasteiger partial charge in [-0.1, -0.05) is 91.0 Å². The van der Waals surface area contributed by atoms with E-state index in [4.69, 9.17) is 4.74 Å². The molecule has 0 bridgehead atoms. The van der Waals surface area contributed by atoms with Crippen LogP contribution in [-0.2, 0) is 4.74 Å². The van der Waals surface area contributed by atoms with Crippen molar-refractivity contribution < 1.29 is 4.74 Å². The summed E-state index contributed by atoms with van der Waals surface area (Å²) in [5.74, 6) is 0.309. The summed E-state index contributed by atoms with van der Waals surface area (Å²) >= 11 is 0. The number of rotatable bonds is 3. The molecular weight excluding hydrogens is 292 g/mol. The molecular formula is C23H24O. The van der Waals surface area contributed by atoms with Crippen molar-refractivity contribution in [1.29, 1.82) is 0 Å². The summed E-state index contributed by atoms with van der Waals surface area (Å²) in [6.45, 7) is 2.00. The third-order valence-electron chi connectivity index (χ3n) is 4.23. The Bertz CT molecular complexity index is 586. The van der Waals surface area contributed by atoms with Crippen LogP contribution in [0.15, 0.2) is 91.0 Å². The molecule has 0 amide bonds. The summed E-state index contributed by atoms with van der Waals surface area (Å²) in [6, 6.07) is 32.0. The minimum Gasteiger partial charge on any atom is -0.381 e. The monoisotopic (exact) mass is 316 g/mol. The molecule has 1 fully saturated rings. The molecule has 0 N–H and O–H groups in total. The van der Waals surface area contributed by atoms with Gasteiger partial charge in [0.1, 0.15) is 0 Å². The van der Waals surface area contributed by atoms with Crippen LogP contribution in [0.1, 0.15) is 35.4 Å². The molecule has 1 nitrogen and oxygen atoms in total. The van der Waals surface area contributed by atoms with Crippen LogP contribution < -0.4 is 0 Å².